The van der Waals surface area contributed by atoms with E-state index in [1.807, 2.05) is 0 Å². The zero-order valence-corrected chi connectivity index (χ0v) is 13.5. The first-order chi connectivity index (χ1) is 9.69. The average molecular weight is 284 g/mol. The first-order valence-corrected chi connectivity index (χ1v) is 8.66. The lowest BCUT2D eigenvalue weighted by atomic mass is 10.0. The van der Waals surface area contributed by atoms with E-state index in [1.165, 1.54) is 32.1 Å². The van der Waals surface area contributed by atoms with Gasteiger partial charge in [-0.05, 0) is 45.2 Å². The predicted octanol–water partition coefficient (Wildman–Crippen LogP) is 1.73. The van der Waals surface area contributed by atoms with Gasteiger partial charge in [0.15, 0.2) is 0 Å². The van der Waals surface area contributed by atoms with Crippen molar-refractivity contribution in [2.75, 3.05) is 13.1 Å². The van der Waals surface area contributed by atoms with Gasteiger partial charge in [-0.15, -0.1) is 0 Å². The van der Waals surface area contributed by atoms with E-state index in [0.29, 0.717) is 18.1 Å². The van der Waals surface area contributed by atoms with Crippen molar-refractivity contribution in [2.45, 2.75) is 89.4 Å². The van der Waals surface area contributed by atoms with E-state index >= 15 is 0 Å². The second-order valence-electron chi connectivity index (χ2n) is 6.26. The summed E-state index contributed by atoms with van der Waals surface area (Å²) in [6, 6.07) is 1.61. The fourth-order valence-electron chi connectivity index (χ4n) is 3.14. The predicted molar refractivity (Wildman–Crippen MR) is 87.8 cm³/mol. The molecule has 1 rings (SSSR count). The number of hydrogen-bond donors (Lipinski definition) is 4. The Balaban J connectivity index is 2.11. The standard InChI is InChI=1S/C16H36N4/c1-3-13(17)15(4-2)19-11-8-12-20-16-10-7-5-6-9-14(16)18/h13-16,19-20H,3-12,17-18H2,1-2H3. The zero-order valence-electron chi connectivity index (χ0n) is 13.5. The molecule has 120 valence electrons. The maximum atomic E-state index is 6.23. The van der Waals surface area contributed by atoms with Gasteiger partial charge in [0.25, 0.3) is 0 Å². The first kappa shape index (κ1) is 17.9. The molecule has 0 aromatic carbocycles. The fraction of sp³-hybridized carbons (Fsp3) is 1.00. The van der Waals surface area contributed by atoms with Crippen molar-refractivity contribution < 1.29 is 0 Å². The lowest BCUT2D eigenvalue weighted by molar-refractivity contribution is 0.383. The van der Waals surface area contributed by atoms with Gasteiger partial charge in [-0.3, -0.25) is 0 Å². The molecule has 0 saturated heterocycles. The van der Waals surface area contributed by atoms with Crippen molar-refractivity contribution in [1.82, 2.24) is 10.6 Å². The van der Waals surface area contributed by atoms with Crippen LogP contribution in [0.15, 0.2) is 0 Å². The second-order valence-corrected chi connectivity index (χ2v) is 6.26. The van der Waals surface area contributed by atoms with Crippen molar-refractivity contribution in [1.29, 1.82) is 0 Å². The quantitative estimate of drug-likeness (QED) is 0.384. The molecule has 1 aliphatic carbocycles. The molecule has 4 heteroatoms. The molecular weight excluding hydrogens is 248 g/mol. The maximum absolute atomic E-state index is 6.23. The van der Waals surface area contributed by atoms with Gasteiger partial charge >= 0.3 is 0 Å². The third-order valence-corrected chi connectivity index (χ3v) is 4.66. The summed E-state index contributed by atoms with van der Waals surface area (Å²) < 4.78 is 0. The maximum Gasteiger partial charge on any atom is 0.0219 e. The van der Waals surface area contributed by atoms with Crippen molar-refractivity contribution in [3.05, 3.63) is 0 Å². The summed E-state index contributed by atoms with van der Waals surface area (Å²) in [5, 5.41) is 7.24. The van der Waals surface area contributed by atoms with Crippen molar-refractivity contribution in [2.24, 2.45) is 11.5 Å². The van der Waals surface area contributed by atoms with Crippen LogP contribution in [0.1, 0.15) is 65.2 Å². The van der Waals surface area contributed by atoms with E-state index < -0.39 is 0 Å². The highest BCUT2D eigenvalue weighted by atomic mass is 15.0. The molecular formula is C16H36N4. The molecule has 0 aromatic rings. The van der Waals surface area contributed by atoms with Gasteiger partial charge < -0.3 is 22.1 Å². The third kappa shape index (κ3) is 6.53. The van der Waals surface area contributed by atoms with Crippen LogP contribution in [0.4, 0.5) is 0 Å². The van der Waals surface area contributed by atoms with Crippen LogP contribution >= 0.6 is 0 Å². The molecule has 4 unspecified atom stereocenters. The number of nitrogens with one attached hydrogen (secondary N) is 2. The largest absolute Gasteiger partial charge is 0.326 e. The SMILES string of the molecule is CCC(N)C(CC)NCCCNC1CCCCCC1N. The Morgan fingerprint density at radius 2 is 1.80 bits per heavy atom. The van der Waals surface area contributed by atoms with E-state index in [2.05, 4.69) is 24.5 Å². The summed E-state index contributed by atoms with van der Waals surface area (Å²) in [4.78, 5) is 0. The minimum Gasteiger partial charge on any atom is -0.326 e. The van der Waals surface area contributed by atoms with Crippen LogP contribution in [0, 0.1) is 0 Å². The lowest BCUT2D eigenvalue weighted by Crippen LogP contribution is -2.46. The number of nitrogens with two attached hydrogens (primary N) is 2. The fourth-order valence-corrected chi connectivity index (χ4v) is 3.14. The molecule has 0 amide bonds. The summed E-state index contributed by atoms with van der Waals surface area (Å²) in [6.45, 7) is 6.46. The second kappa shape index (κ2) is 10.6. The molecule has 0 spiro atoms. The normalized spacial score (nSPS) is 27.0. The Kier molecular flexibility index (Phi) is 9.44. The van der Waals surface area contributed by atoms with Crippen molar-refractivity contribution in [3.63, 3.8) is 0 Å². The molecule has 0 radical (unpaired) electrons. The highest BCUT2D eigenvalue weighted by Gasteiger charge is 2.19. The monoisotopic (exact) mass is 284 g/mol. The number of hydrogen-bond acceptors (Lipinski definition) is 4. The smallest absolute Gasteiger partial charge is 0.0219 e. The van der Waals surface area contributed by atoms with E-state index in [1.54, 1.807) is 0 Å². The molecule has 0 aliphatic heterocycles. The van der Waals surface area contributed by atoms with E-state index in [9.17, 15) is 0 Å². The van der Waals surface area contributed by atoms with Gasteiger partial charge in [0.1, 0.15) is 0 Å². The molecule has 4 nitrogen and oxygen atoms in total. The Morgan fingerprint density at radius 3 is 2.50 bits per heavy atom. The molecule has 6 N–H and O–H groups in total. The van der Waals surface area contributed by atoms with Crippen LogP contribution in [0.3, 0.4) is 0 Å². The van der Waals surface area contributed by atoms with E-state index in [4.69, 9.17) is 11.5 Å². The van der Waals surface area contributed by atoms with Crippen LogP contribution in [0.2, 0.25) is 0 Å². The lowest BCUT2D eigenvalue weighted by Gasteiger charge is -2.24. The Bertz CT molecular complexity index is 235. The highest BCUT2D eigenvalue weighted by molar-refractivity contribution is 4.82. The molecule has 1 aliphatic rings. The third-order valence-electron chi connectivity index (χ3n) is 4.66. The van der Waals surface area contributed by atoms with E-state index in [-0.39, 0.29) is 6.04 Å². The molecule has 1 saturated carbocycles. The molecule has 0 aromatic heterocycles. The van der Waals surface area contributed by atoms with Crippen LogP contribution < -0.4 is 22.1 Å². The van der Waals surface area contributed by atoms with Crippen LogP contribution in [0.5, 0.6) is 0 Å². The van der Waals surface area contributed by atoms with Crippen LogP contribution in [-0.4, -0.2) is 37.3 Å². The van der Waals surface area contributed by atoms with Crippen LogP contribution in [-0.2, 0) is 0 Å². The van der Waals surface area contributed by atoms with Gasteiger partial charge in [-0.2, -0.15) is 0 Å². The van der Waals surface area contributed by atoms with Gasteiger partial charge in [0, 0.05) is 24.2 Å². The molecule has 20 heavy (non-hydrogen) atoms. The Labute approximate surface area is 125 Å². The average Bonchev–Trinajstić information content (AvgIpc) is 2.67. The van der Waals surface area contributed by atoms with Gasteiger partial charge in [0.05, 0.1) is 0 Å². The molecule has 1 fully saturated rings. The molecule has 4 atom stereocenters. The molecule has 0 bridgehead atoms. The first-order valence-electron chi connectivity index (χ1n) is 8.66. The number of rotatable bonds is 9. The zero-order chi connectivity index (χ0) is 14.8. The summed E-state index contributed by atoms with van der Waals surface area (Å²) >= 11 is 0. The molecule has 0 heterocycles. The highest BCUT2D eigenvalue weighted by Crippen LogP contribution is 2.16. The Hall–Kier alpha value is -0.160. The minimum absolute atomic E-state index is 0.281. The van der Waals surface area contributed by atoms with Crippen molar-refractivity contribution >= 4 is 0 Å². The summed E-state index contributed by atoms with van der Waals surface area (Å²) in [5.41, 5.74) is 12.3. The van der Waals surface area contributed by atoms with Gasteiger partial charge in [-0.1, -0.05) is 33.1 Å². The van der Waals surface area contributed by atoms with E-state index in [0.717, 1.165) is 32.4 Å². The van der Waals surface area contributed by atoms with Crippen molar-refractivity contribution in [3.8, 4) is 0 Å². The topological polar surface area (TPSA) is 76.1 Å². The van der Waals surface area contributed by atoms with Gasteiger partial charge in [-0.25, -0.2) is 0 Å². The summed E-state index contributed by atoms with van der Waals surface area (Å²) in [5.74, 6) is 0. The summed E-state index contributed by atoms with van der Waals surface area (Å²) in [6.07, 6.45) is 9.69. The van der Waals surface area contributed by atoms with Gasteiger partial charge in [0.2, 0.25) is 0 Å². The van der Waals surface area contributed by atoms with Crippen LogP contribution in [0.25, 0.3) is 0 Å². The summed E-state index contributed by atoms with van der Waals surface area (Å²) in [7, 11) is 0. The Morgan fingerprint density at radius 1 is 1.05 bits per heavy atom. The minimum atomic E-state index is 0.281.